The topological polar surface area (TPSA) is 48.3 Å². The fourth-order valence-corrected chi connectivity index (χ4v) is 2.11. The van der Waals surface area contributed by atoms with E-state index in [1.165, 1.54) is 0 Å². The van der Waals surface area contributed by atoms with Gasteiger partial charge in [0.2, 0.25) is 0 Å². The van der Waals surface area contributed by atoms with Crippen LogP contribution >= 0.6 is 11.6 Å². The van der Waals surface area contributed by atoms with Crippen molar-refractivity contribution < 1.29 is 9.47 Å². The highest BCUT2D eigenvalue weighted by molar-refractivity contribution is 6.32. The molecule has 0 aliphatic heterocycles. The number of nitrogens with one attached hydrogen (secondary N) is 1. The molecular weight excluding hydrogens is 290 g/mol. The Hall–Kier alpha value is -1.56. The summed E-state index contributed by atoms with van der Waals surface area (Å²) in [5.41, 5.74) is 2.11. The highest BCUT2D eigenvalue weighted by Gasteiger charge is 2.05. The summed E-state index contributed by atoms with van der Waals surface area (Å²) < 4.78 is 12.6. The quantitative estimate of drug-likeness (QED) is 0.761. The molecule has 114 valence electrons. The van der Waals surface area contributed by atoms with Crippen molar-refractivity contribution in [2.45, 2.75) is 13.2 Å². The van der Waals surface area contributed by atoms with E-state index in [9.17, 15) is 0 Å². The van der Waals surface area contributed by atoms with Gasteiger partial charge in [0, 0.05) is 27.2 Å². The van der Waals surface area contributed by atoms with Crippen molar-refractivity contribution in [3.8, 4) is 5.75 Å². The molecule has 0 fully saturated rings. The van der Waals surface area contributed by atoms with Crippen molar-refractivity contribution in [1.29, 1.82) is 0 Å². The van der Waals surface area contributed by atoms with Crippen LogP contribution in [0.4, 0.5) is 0 Å². The Kier molecular flexibility index (Phi) is 6.04. The Labute approximate surface area is 129 Å². The molecule has 0 saturated heterocycles. The number of ether oxygens (including phenoxy) is 2. The van der Waals surface area contributed by atoms with Crippen molar-refractivity contribution in [1.82, 2.24) is 14.9 Å². The molecule has 2 aromatic rings. The van der Waals surface area contributed by atoms with Gasteiger partial charge in [-0.05, 0) is 17.7 Å². The van der Waals surface area contributed by atoms with Crippen LogP contribution in [0.5, 0.6) is 5.75 Å². The highest BCUT2D eigenvalue weighted by Crippen LogP contribution is 2.26. The Morgan fingerprint density at radius 1 is 1.38 bits per heavy atom. The van der Waals surface area contributed by atoms with Gasteiger partial charge in [0.15, 0.2) is 0 Å². The summed E-state index contributed by atoms with van der Waals surface area (Å²) in [7, 11) is 3.62. The minimum absolute atomic E-state index is 0.446. The first-order valence-corrected chi connectivity index (χ1v) is 7.14. The van der Waals surface area contributed by atoms with Gasteiger partial charge >= 0.3 is 0 Å². The Morgan fingerprint density at radius 2 is 2.24 bits per heavy atom. The van der Waals surface area contributed by atoms with E-state index < -0.39 is 0 Å². The van der Waals surface area contributed by atoms with E-state index in [0.717, 1.165) is 24.3 Å². The molecule has 0 radical (unpaired) electrons. The first-order valence-electron chi connectivity index (χ1n) is 6.77. The van der Waals surface area contributed by atoms with E-state index in [2.05, 4.69) is 10.3 Å². The van der Waals surface area contributed by atoms with Gasteiger partial charge in [0.05, 0.1) is 29.8 Å². The Morgan fingerprint density at radius 3 is 2.90 bits per heavy atom. The SMILES string of the molecule is COCCNCc1ccc(OCc2cncn2C)c(Cl)c1. The average molecular weight is 310 g/mol. The third-order valence-corrected chi connectivity index (χ3v) is 3.40. The number of aromatic nitrogens is 2. The minimum Gasteiger partial charge on any atom is -0.486 e. The number of methoxy groups -OCH3 is 1. The van der Waals surface area contributed by atoms with Crippen LogP contribution in [0.2, 0.25) is 5.02 Å². The Bertz CT molecular complexity index is 572. The fourth-order valence-electron chi connectivity index (χ4n) is 1.85. The number of benzene rings is 1. The molecule has 0 spiro atoms. The van der Waals surface area contributed by atoms with Gasteiger partial charge in [0.1, 0.15) is 12.4 Å². The summed E-state index contributed by atoms with van der Waals surface area (Å²) in [5.74, 6) is 0.679. The molecule has 1 N–H and O–H groups in total. The van der Waals surface area contributed by atoms with Crippen LogP contribution in [-0.2, 0) is 24.9 Å². The summed E-state index contributed by atoms with van der Waals surface area (Å²) in [4.78, 5) is 4.05. The predicted octanol–water partition coefficient (Wildman–Crippen LogP) is 2.39. The average Bonchev–Trinajstić information content (AvgIpc) is 2.88. The molecule has 1 heterocycles. The van der Waals surface area contributed by atoms with Gasteiger partial charge in [-0.2, -0.15) is 0 Å². The van der Waals surface area contributed by atoms with Gasteiger partial charge in [0.25, 0.3) is 0 Å². The zero-order valence-corrected chi connectivity index (χ0v) is 13.1. The van der Waals surface area contributed by atoms with E-state index in [-0.39, 0.29) is 0 Å². The van der Waals surface area contributed by atoms with Gasteiger partial charge in [-0.25, -0.2) is 4.98 Å². The van der Waals surface area contributed by atoms with E-state index >= 15 is 0 Å². The molecule has 1 aromatic carbocycles. The van der Waals surface area contributed by atoms with Crippen molar-refractivity contribution in [3.05, 3.63) is 47.0 Å². The molecule has 6 heteroatoms. The summed E-state index contributed by atoms with van der Waals surface area (Å²) >= 11 is 6.25. The number of hydrogen-bond donors (Lipinski definition) is 1. The number of halogens is 1. The maximum absolute atomic E-state index is 6.25. The lowest BCUT2D eigenvalue weighted by Crippen LogP contribution is -2.18. The van der Waals surface area contributed by atoms with Gasteiger partial charge in [-0.1, -0.05) is 17.7 Å². The number of aryl methyl sites for hydroxylation is 1. The van der Waals surface area contributed by atoms with Gasteiger partial charge < -0.3 is 19.4 Å². The monoisotopic (exact) mass is 309 g/mol. The molecule has 5 nitrogen and oxygen atoms in total. The molecular formula is C15H20ClN3O2. The maximum atomic E-state index is 6.25. The molecule has 0 bridgehead atoms. The smallest absolute Gasteiger partial charge is 0.138 e. The molecule has 1 aromatic heterocycles. The van der Waals surface area contributed by atoms with E-state index in [1.807, 2.05) is 29.8 Å². The predicted molar refractivity (Wildman–Crippen MR) is 82.6 cm³/mol. The summed E-state index contributed by atoms with van der Waals surface area (Å²) in [6, 6.07) is 5.82. The van der Waals surface area contributed by atoms with Crippen LogP contribution in [0.15, 0.2) is 30.7 Å². The maximum Gasteiger partial charge on any atom is 0.138 e. The zero-order valence-electron chi connectivity index (χ0n) is 12.3. The first kappa shape index (κ1) is 15.8. The standard InChI is InChI=1S/C15H20ClN3O2/c1-19-11-18-9-13(19)10-21-15-4-3-12(7-14(15)16)8-17-5-6-20-2/h3-4,7,9,11,17H,5-6,8,10H2,1-2H3. The van der Waals surface area contributed by atoms with Crippen LogP contribution in [-0.4, -0.2) is 29.8 Å². The highest BCUT2D eigenvalue weighted by atomic mass is 35.5. The molecule has 0 unspecified atom stereocenters. The molecule has 0 saturated carbocycles. The molecule has 0 atom stereocenters. The summed E-state index contributed by atoms with van der Waals surface area (Å²) in [6.45, 7) is 2.71. The molecule has 0 amide bonds. The lowest BCUT2D eigenvalue weighted by molar-refractivity contribution is 0.199. The van der Waals surface area contributed by atoms with Crippen molar-refractivity contribution in [2.75, 3.05) is 20.3 Å². The van der Waals surface area contributed by atoms with Crippen molar-refractivity contribution in [2.24, 2.45) is 7.05 Å². The summed E-state index contributed by atoms with van der Waals surface area (Å²) in [5, 5.41) is 3.89. The van der Waals surface area contributed by atoms with E-state index in [4.69, 9.17) is 21.1 Å². The summed E-state index contributed by atoms with van der Waals surface area (Å²) in [6.07, 6.45) is 3.52. The normalized spacial score (nSPS) is 10.8. The van der Waals surface area contributed by atoms with Gasteiger partial charge in [-0.3, -0.25) is 0 Å². The zero-order chi connectivity index (χ0) is 15.1. The lowest BCUT2D eigenvalue weighted by atomic mass is 10.2. The third-order valence-electron chi connectivity index (χ3n) is 3.10. The largest absolute Gasteiger partial charge is 0.486 e. The number of hydrogen-bond acceptors (Lipinski definition) is 4. The number of nitrogens with zero attached hydrogens (tertiary/aromatic N) is 2. The lowest BCUT2D eigenvalue weighted by Gasteiger charge is -2.10. The second kappa shape index (κ2) is 8.02. The van der Waals surface area contributed by atoms with Crippen LogP contribution < -0.4 is 10.1 Å². The van der Waals surface area contributed by atoms with Crippen LogP contribution in [0.3, 0.4) is 0 Å². The van der Waals surface area contributed by atoms with Crippen molar-refractivity contribution in [3.63, 3.8) is 0 Å². The van der Waals surface area contributed by atoms with Crippen molar-refractivity contribution >= 4 is 11.6 Å². The molecule has 2 rings (SSSR count). The van der Waals surface area contributed by atoms with Crippen LogP contribution in [0.25, 0.3) is 0 Å². The first-order chi connectivity index (χ1) is 10.2. The number of rotatable bonds is 8. The van der Waals surface area contributed by atoms with E-state index in [0.29, 0.717) is 24.0 Å². The second-order valence-electron chi connectivity index (χ2n) is 4.72. The van der Waals surface area contributed by atoms with Crippen LogP contribution in [0.1, 0.15) is 11.3 Å². The molecule has 21 heavy (non-hydrogen) atoms. The number of imidazole rings is 1. The third kappa shape index (κ3) is 4.74. The van der Waals surface area contributed by atoms with E-state index in [1.54, 1.807) is 19.6 Å². The minimum atomic E-state index is 0.446. The van der Waals surface area contributed by atoms with Gasteiger partial charge in [-0.15, -0.1) is 0 Å². The Balaban J connectivity index is 1.88. The molecule has 0 aliphatic carbocycles. The second-order valence-corrected chi connectivity index (χ2v) is 5.13. The fraction of sp³-hybridized carbons (Fsp3) is 0.400. The van der Waals surface area contributed by atoms with Crippen LogP contribution in [0, 0.1) is 0 Å². The molecule has 0 aliphatic rings.